The van der Waals surface area contributed by atoms with Crippen LogP contribution in [0.25, 0.3) is 5.82 Å². The number of rotatable bonds is 6. The van der Waals surface area contributed by atoms with Gasteiger partial charge in [0.2, 0.25) is 0 Å². The molecule has 2 heterocycles. The number of alkyl halides is 3. The molecule has 0 saturated heterocycles. The second kappa shape index (κ2) is 9.64. The minimum Gasteiger partial charge on any atom is -0.373 e. The lowest BCUT2D eigenvalue weighted by atomic mass is 10.1. The number of hydrogen-bond acceptors (Lipinski definition) is 6. The maximum Gasteiger partial charge on any atom is 0.416 e. The zero-order valence-corrected chi connectivity index (χ0v) is 19.4. The third-order valence-corrected chi connectivity index (χ3v) is 5.20. The second-order valence-electron chi connectivity index (χ2n) is 7.93. The van der Waals surface area contributed by atoms with Crippen molar-refractivity contribution in [2.45, 2.75) is 20.0 Å². The number of benzene rings is 2. The summed E-state index contributed by atoms with van der Waals surface area (Å²) in [6.45, 7) is 3.64. The van der Waals surface area contributed by atoms with Gasteiger partial charge in [-0.2, -0.15) is 23.0 Å². The molecule has 0 unspecified atom stereocenters. The van der Waals surface area contributed by atoms with Gasteiger partial charge in [-0.1, -0.05) is 6.07 Å². The van der Waals surface area contributed by atoms with E-state index in [0.717, 1.165) is 11.6 Å². The zero-order valence-electron chi connectivity index (χ0n) is 19.4. The molecule has 12 heteroatoms. The quantitative estimate of drug-likeness (QED) is 0.304. The van der Waals surface area contributed by atoms with Crippen molar-refractivity contribution in [1.29, 1.82) is 0 Å². The first-order valence-corrected chi connectivity index (χ1v) is 10.7. The summed E-state index contributed by atoms with van der Waals surface area (Å²) in [4.78, 5) is 21.1. The molecule has 186 valence electrons. The predicted molar refractivity (Wildman–Crippen MR) is 127 cm³/mol. The summed E-state index contributed by atoms with van der Waals surface area (Å²) < 4.78 is 54.3. The minimum atomic E-state index is -4.75. The molecule has 4 rings (SSSR count). The minimum absolute atomic E-state index is 0.156. The van der Waals surface area contributed by atoms with Gasteiger partial charge in [0.05, 0.1) is 11.3 Å². The van der Waals surface area contributed by atoms with Crippen LogP contribution in [-0.4, -0.2) is 32.7 Å². The highest BCUT2D eigenvalue weighted by Crippen LogP contribution is 2.32. The first-order chi connectivity index (χ1) is 17.0. The van der Waals surface area contributed by atoms with E-state index >= 15 is 0 Å². The fourth-order valence-corrected chi connectivity index (χ4v) is 3.43. The molecule has 0 fully saturated rings. The van der Waals surface area contributed by atoms with Gasteiger partial charge in [0.1, 0.15) is 23.8 Å². The van der Waals surface area contributed by atoms with Gasteiger partial charge in [-0.3, -0.25) is 4.79 Å². The Kier molecular flexibility index (Phi) is 6.60. The van der Waals surface area contributed by atoms with E-state index in [1.54, 1.807) is 36.0 Å². The Morgan fingerprint density at radius 3 is 2.50 bits per heavy atom. The maximum absolute atomic E-state index is 13.7. The molecule has 2 aromatic carbocycles. The number of hydrogen-bond donors (Lipinski definition) is 3. The number of aromatic nitrogens is 4. The number of carbonyl (C=O) groups is 1. The molecule has 0 radical (unpaired) electrons. The highest BCUT2D eigenvalue weighted by atomic mass is 19.4. The zero-order chi connectivity index (χ0) is 26.0. The van der Waals surface area contributed by atoms with Gasteiger partial charge in [-0.15, -0.1) is 0 Å². The maximum atomic E-state index is 13.7. The smallest absolute Gasteiger partial charge is 0.373 e. The van der Waals surface area contributed by atoms with Crippen LogP contribution in [0.4, 0.5) is 40.6 Å². The number of aryl methyl sites for hydroxylation is 2. The average molecular weight is 499 g/mol. The van der Waals surface area contributed by atoms with Crippen LogP contribution in [0.3, 0.4) is 0 Å². The van der Waals surface area contributed by atoms with Crippen LogP contribution >= 0.6 is 0 Å². The number of halogens is 4. The molecule has 36 heavy (non-hydrogen) atoms. The Morgan fingerprint density at radius 2 is 1.78 bits per heavy atom. The van der Waals surface area contributed by atoms with Crippen LogP contribution in [0.15, 0.2) is 54.9 Å². The standard InChI is InChI=1S/C24H21F4N7O/c1-13-4-5-15(23(36)32-18-9-16(24(26,27)28)8-17(25)10-18)7-19(13)33-22-6-14(2)34-35(22)21-11-20(29-3)30-12-31-21/h4-12,33H,1-3H3,(H,32,36)(H,29,30,31). The Morgan fingerprint density at radius 1 is 1.00 bits per heavy atom. The monoisotopic (exact) mass is 499 g/mol. The van der Waals surface area contributed by atoms with Crippen molar-refractivity contribution >= 4 is 28.9 Å². The van der Waals surface area contributed by atoms with Crippen LogP contribution < -0.4 is 16.0 Å². The van der Waals surface area contributed by atoms with E-state index in [2.05, 4.69) is 31.0 Å². The van der Waals surface area contributed by atoms with E-state index in [9.17, 15) is 22.4 Å². The average Bonchev–Trinajstić information content (AvgIpc) is 3.19. The molecule has 2 aromatic heterocycles. The van der Waals surface area contributed by atoms with Gasteiger partial charge in [0.25, 0.3) is 5.91 Å². The molecule has 0 bridgehead atoms. The molecule has 0 atom stereocenters. The van der Waals surface area contributed by atoms with Crippen LogP contribution in [0.5, 0.6) is 0 Å². The van der Waals surface area contributed by atoms with Gasteiger partial charge in [-0.05, 0) is 49.7 Å². The third kappa shape index (κ3) is 5.43. The van der Waals surface area contributed by atoms with Crippen LogP contribution in [0.1, 0.15) is 27.2 Å². The topological polar surface area (TPSA) is 96.8 Å². The summed E-state index contributed by atoms with van der Waals surface area (Å²) in [6.07, 6.45) is -3.35. The molecule has 0 aliphatic heterocycles. The van der Waals surface area contributed by atoms with E-state index in [4.69, 9.17) is 0 Å². The van der Waals surface area contributed by atoms with Crippen molar-refractivity contribution in [2.24, 2.45) is 0 Å². The largest absolute Gasteiger partial charge is 0.416 e. The Balaban J connectivity index is 1.61. The van der Waals surface area contributed by atoms with Crippen molar-refractivity contribution in [3.63, 3.8) is 0 Å². The summed E-state index contributed by atoms with van der Waals surface area (Å²) in [7, 11) is 1.73. The van der Waals surface area contributed by atoms with Crippen LogP contribution in [0.2, 0.25) is 0 Å². The molecule has 3 N–H and O–H groups in total. The number of nitrogens with zero attached hydrogens (tertiary/aromatic N) is 4. The third-order valence-electron chi connectivity index (χ3n) is 5.20. The van der Waals surface area contributed by atoms with E-state index in [0.29, 0.717) is 41.0 Å². The fourth-order valence-electron chi connectivity index (χ4n) is 3.43. The highest BCUT2D eigenvalue weighted by molar-refractivity contribution is 6.05. The summed E-state index contributed by atoms with van der Waals surface area (Å²) >= 11 is 0. The Labute approximate surface area is 203 Å². The van der Waals surface area contributed by atoms with Crippen molar-refractivity contribution < 1.29 is 22.4 Å². The van der Waals surface area contributed by atoms with Gasteiger partial charge in [-0.25, -0.2) is 14.4 Å². The summed E-state index contributed by atoms with van der Waals surface area (Å²) in [6, 6.07) is 10.1. The van der Waals surface area contributed by atoms with Gasteiger partial charge in [0.15, 0.2) is 5.82 Å². The lowest BCUT2D eigenvalue weighted by Crippen LogP contribution is -2.14. The molecular formula is C24H21F4N7O. The first-order valence-electron chi connectivity index (χ1n) is 10.7. The van der Waals surface area contributed by atoms with E-state index in [1.165, 1.54) is 12.4 Å². The number of carbonyl (C=O) groups excluding carboxylic acids is 1. The second-order valence-corrected chi connectivity index (χ2v) is 7.93. The molecule has 1 amide bonds. The SMILES string of the molecule is CNc1cc(-n2nc(C)cc2Nc2cc(C(=O)Nc3cc(F)cc(C(F)(F)F)c3)ccc2C)ncn1. The van der Waals surface area contributed by atoms with Crippen molar-refractivity contribution in [3.8, 4) is 5.82 Å². The lowest BCUT2D eigenvalue weighted by Gasteiger charge is -2.14. The molecule has 4 aromatic rings. The molecule has 8 nitrogen and oxygen atoms in total. The Bertz CT molecular complexity index is 1430. The van der Waals surface area contributed by atoms with Gasteiger partial charge in [0, 0.05) is 36.1 Å². The first kappa shape index (κ1) is 24.6. The van der Waals surface area contributed by atoms with Gasteiger partial charge < -0.3 is 16.0 Å². The van der Waals surface area contributed by atoms with Gasteiger partial charge >= 0.3 is 6.18 Å². The Hall–Kier alpha value is -4.48. The molecule has 0 spiro atoms. The van der Waals surface area contributed by atoms with E-state index < -0.39 is 23.5 Å². The van der Waals surface area contributed by atoms with Crippen molar-refractivity contribution in [1.82, 2.24) is 19.7 Å². The van der Waals surface area contributed by atoms with Crippen LogP contribution in [0, 0.1) is 19.7 Å². The van der Waals surface area contributed by atoms with E-state index in [1.807, 2.05) is 13.8 Å². The van der Waals surface area contributed by atoms with Crippen molar-refractivity contribution in [2.75, 3.05) is 23.0 Å². The number of anilines is 4. The lowest BCUT2D eigenvalue weighted by molar-refractivity contribution is -0.137. The predicted octanol–water partition coefficient (Wildman–Crippen LogP) is 5.47. The summed E-state index contributed by atoms with van der Waals surface area (Å²) in [5.41, 5.74) is 0.713. The molecule has 0 aliphatic rings. The molecule has 0 aliphatic carbocycles. The molecule has 0 saturated carbocycles. The summed E-state index contributed by atoms with van der Waals surface area (Å²) in [5, 5.41) is 12.9. The van der Waals surface area contributed by atoms with Crippen LogP contribution in [-0.2, 0) is 6.18 Å². The number of nitrogens with one attached hydrogen (secondary N) is 3. The molecular weight excluding hydrogens is 478 g/mol. The van der Waals surface area contributed by atoms with Crippen molar-refractivity contribution in [3.05, 3.63) is 83.1 Å². The highest BCUT2D eigenvalue weighted by Gasteiger charge is 2.31. The van der Waals surface area contributed by atoms with E-state index in [-0.39, 0.29) is 11.3 Å². The normalized spacial score (nSPS) is 11.3. The number of amides is 1. The summed E-state index contributed by atoms with van der Waals surface area (Å²) in [5.74, 6) is -0.144. The fraction of sp³-hybridized carbons (Fsp3) is 0.167.